The van der Waals surface area contributed by atoms with Gasteiger partial charge < -0.3 is 9.80 Å². The average Bonchev–Trinajstić information content (AvgIpc) is 2.82. The summed E-state index contributed by atoms with van der Waals surface area (Å²) in [5.74, 6) is 1.99. The molecule has 1 aromatic heterocycles. The molecule has 0 atom stereocenters. The van der Waals surface area contributed by atoms with E-state index in [1.54, 1.807) is 0 Å². The molecule has 0 aliphatic carbocycles. The van der Waals surface area contributed by atoms with Crippen LogP contribution in [0.1, 0.15) is 17.8 Å². The molecule has 2 aromatic rings. The molecular formula is C18H25FN6. The summed E-state index contributed by atoms with van der Waals surface area (Å²) in [6, 6.07) is 6.76. The maximum Gasteiger partial charge on any atom is 0.230 e. The molecule has 1 aliphatic rings. The van der Waals surface area contributed by atoms with Crippen molar-refractivity contribution in [2.45, 2.75) is 19.9 Å². The average molecular weight is 344 g/mol. The van der Waals surface area contributed by atoms with E-state index in [2.05, 4.69) is 24.8 Å². The van der Waals surface area contributed by atoms with Crippen molar-refractivity contribution in [3.63, 3.8) is 0 Å². The van der Waals surface area contributed by atoms with Crippen molar-refractivity contribution >= 4 is 11.9 Å². The Morgan fingerprint density at radius 2 is 1.76 bits per heavy atom. The second-order valence-electron chi connectivity index (χ2n) is 6.62. The molecule has 134 valence electrons. The van der Waals surface area contributed by atoms with E-state index in [0.717, 1.165) is 56.5 Å². The standard InChI is InChI=1S/C18H25FN6/c1-14-20-17(23(2)3)22-18(21-14)25-10-4-9-24(11-12-25)13-15-5-7-16(19)8-6-15/h5-8H,4,9-13H2,1-3H3. The fourth-order valence-electron chi connectivity index (χ4n) is 2.97. The molecule has 0 amide bonds. The van der Waals surface area contributed by atoms with Gasteiger partial charge in [-0.15, -0.1) is 0 Å². The highest BCUT2D eigenvalue weighted by Crippen LogP contribution is 2.16. The van der Waals surface area contributed by atoms with Gasteiger partial charge in [-0.05, 0) is 31.0 Å². The Morgan fingerprint density at radius 3 is 2.48 bits per heavy atom. The van der Waals surface area contributed by atoms with Crippen LogP contribution in [-0.2, 0) is 6.54 Å². The normalized spacial score (nSPS) is 15.9. The van der Waals surface area contributed by atoms with Crippen LogP contribution in [-0.4, -0.2) is 60.1 Å². The second kappa shape index (κ2) is 7.74. The van der Waals surface area contributed by atoms with Gasteiger partial charge in [-0.1, -0.05) is 12.1 Å². The van der Waals surface area contributed by atoms with Gasteiger partial charge in [0.2, 0.25) is 11.9 Å². The Morgan fingerprint density at radius 1 is 1.00 bits per heavy atom. The Kier molecular flexibility index (Phi) is 5.43. The van der Waals surface area contributed by atoms with E-state index in [9.17, 15) is 4.39 Å². The van der Waals surface area contributed by atoms with Gasteiger partial charge >= 0.3 is 0 Å². The molecule has 0 saturated carbocycles. The van der Waals surface area contributed by atoms with Gasteiger partial charge in [-0.25, -0.2) is 4.39 Å². The van der Waals surface area contributed by atoms with E-state index >= 15 is 0 Å². The molecule has 1 saturated heterocycles. The summed E-state index contributed by atoms with van der Waals surface area (Å²) in [5, 5.41) is 0. The van der Waals surface area contributed by atoms with Crippen LogP contribution >= 0.6 is 0 Å². The molecule has 0 radical (unpaired) electrons. The number of benzene rings is 1. The van der Waals surface area contributed by atoms with Crippen molar-refractivity contribution in [2.24, 2.45) is 0 Å². The quantitative estimate of drug-likeness (QED) is 0.847. The zero-order chi connectivity index (χ0) is 17.8. The van der Waals surface area contributed by atoms with Gasteiger partial charge in [0, 0.05) is 46.8 Å². The van der Waals surface area contributed by atoms with Crippen molar-refractivity contribution in [2.75, 3.05) is 50.1 Å². The minimum atomic E-state index is -0.187. The smallest absolute Gasteiger partial charge is 0.230 e. The second-order valence-corrected chi connectivity index (χ2v) is 6.62. The maximum atomic E-state index is 13.0. The van der Waals surface area contributed by atoms with Crippen molar-refractivity contribution in [1.29, 1.82) is 0 Å². The van der Waals surface area contributed by atoms with Gasteiger partial charge in [-0.2, -0.15) is 15.0 Å². The number of nitrogens with zero attached hydrogens (tertiary/aromatic N) is 6. The van der Waals surface area contributed by atoms with E-state index < -0.39 is 0 Å². The molecule has 2 heterocycles. The zero-order valence-electron chi connectivity index (χ0n) is 15.1. The maximum absolute atomic E-state index is 13.0. The van der Waals surface area contributed by atoms with E-state index in [1.807, 2.05) is 38.1 Å². The SMILES string of the molecule is Cc1nc(N(C)C)nc(N2CCCN(Cc3ccc(F)cc3)CC2)n1. The predicted octanol–water partition coefficient (Wildman–Crippen LogP) is 2.10. The lowest BCUT2D eigenvalue weighted by Crippen LogP contribution is -2.32. The molecule has 3 rings (SSSR count). The van der Waals surface area contributed by atoms with Crippen LogP contribution in [0.15, 0.2) is 24.3 Å². The minimum Gasteiger partial charge on any atom is -0.347 e. The molecule has 0 N–H and O–H groups in total. The molecule has 0 spiro atoms. The summed E-state index contributed by atoms with van der Waals surface area (Å²) < 4.78 is 13.0. The number of aromatic nitrogens is 3. The lowest BCUT2D eigenvalue weighted by atomic mass is 10.2. The minimum absolute atomic E-state index is 0.187. The summed E-state index contributed by atoms with van der Waals surface area (Å²) in [6.45, 7) is 6.48. The number of hydrogen-bond donors (Lipinski definition) is 0. The van der Waals surface area contributed by atoms with Gasteiger partial charge in [0.1, 0.15) is 11.6 Å². The molecule has 1 aromatic carbocycles. The van der Waals surface area contributed by atoms with Crippen LogP contribution < -0.4 is 9.80 Å². The summed E-state index contributed by atoms with van der Waals surface area (Å²) in [4.78, 5) is 20.0. The zero-order valence-corrected chi connectivity index (χ0v) is 15.1. The molecule has 25 heavy (non-hydrogen) atoms. The van der Waals surface area contributed by atoms with Gasteiger partial charge in [0.05, 0.1) is 0 Å². The topological polar surface area (TPSA) is 48.4 Å². The largest absolute Gasteiger partial charge is 0.347 e. The summed E-state index contributed by atoms with van der Waals surface area (Å²) >= 11 is 0. The van der Waals surface area contributed by atoms with Gasteiger partial charge in [0.25, 0.3) is 0 Å². The fraction of sp³-hybridized carbons (Fsp3) is 0.500. The highest BCUT2D eigenvalue weighted by molar-refractivity contribution is 5.38. The fourth-order valence-corrected chi connectivity index (χ4v) is 2.97. The molecule has 7 heteroatoms. The summed E-state index contributed by atoms with van der Waals surface area (Å²) in [7, 11) is 3.87. The Labute approximate surface area is 148 Å². The van der Waals surface area contributed by atoms with Crippen molar-refractivity contribution in [3.05, 3.63) is 41.5 Å². The van der Waals surface area contributed by atoms with E-state index in [4.69, 9.17) is 0 Å². The van der Waals surface area contributed by atoms with Crippen LogP contribution in [0.25, 0.3) is 0 Å². The lowest BCUT2D eigenvalue weighted by molar-refractivity contribution is 0.285. The van der Waals surface area contributed by atoms with Crippen LogP contribution in [0.4, 0.5) is 16.3 Å². The number of aryl methyl sites for hydroxylation is 1. The third-order valence-electron chi connectivity index (χ3n) is 4.31. The number of rotatable bonds is 4. The van der Waals surface area contributed by atoms with Gasteiger partial charge in [-0.3, -0.25) is 4.90 Å². The Balaban J connectivity index is 1.66. The number of halogens is 1. The summed E-state index contributed by atoms with van der Waals surface area (Å²) in [6.07, 6.45) is 1.04. The van der Waals surface area contributed by atoms with Gasteiger partial charge in [0.15, 0.2) is 0 Å². The molecule has 0 bridgehead atoms. The van der Waals surface area contributed by atoms with E-state index in [1.165, 1.54) is 12.1 Å². The van der Waals surface area contributed by atoms with Crippen LogP contribution in [0.5, 0.6) is 0 Å². The number of anilines is 2. The first-order valence-corrected chi connectivity index (χ1v) is 8.63. The predicted molar refractivity (Wildman–Crippen MR) is 97.4 cm³/mol. The van der Waals surface area contributed by atoms with Crippen molar-refractivity contribution in [1.82, 2.24) is 19.9 Å². The van der Waals surface area contributed by atoms with Crippen LogP contribution in [0.2, 0.25) is 0 Å². The van der Waals surface area contributed by atoms with Crippen molar-refractivity contribution < 1.29 is 4.39 Å². The first-order chi connectivity index (χ1) is 12.0. The number of hydrogen-bond acceptors (Lipinski definition) is 6. The first kappa shape index (κ1) is 17.5. The van der Waals surface area contributed by atoms with Crippen LogP contribution in [0, 0.1) is 12.7 Å². The monoisotopic (exact) mass is 344 g/mol. The van der Waals surface area contributed by atoms with Crippen LogP contribution in [0.3, 0.4) is 0 Å². The molecule has 0 unspecified atom stereocenters. The van der Waals surface area contributed by atoms with E-state index in [0.29, 0.717) is 5.95 Å². The van der Waals surface area contributed by atoms with E-state index in [-0.39, 0.29) is 5.82 Å². The summed E-state index contributed by atoms with van der Waals surface area (Å²) in [5.41, 5.74) is 1.14. The molecule has 1 fully saturated rings. The highest BCUT2D eigenvalue weighted by atomic mass is 19.1. The first-order valence-electron chi connectivity index (χ1n) is 8.63. The third-order valence-corrected chi connectivity index (χ3v) is 4.31. The lowest BCUT2D eigenvalue weighted by Gasteiger charge is -2.23. The highest BCUT2D eigenvalue weighted by Gasteiger charge is 2.18. The molecule has 1 aliphatic heterocycles. The van der Waals surface area contributed by atoms with Crippen molar-refractivity contribution in [3.8, 4) is 0 Å². The molecule has 6 nitrogen and oxygen atoms in total. The molecular weight excluding hydrogens is 319 g/mol. The third kappa shape index (κ3) is 4.63. The Hall–Kier alpha value is -2.28. The Bertz CT molecular complexity index is 703.